The van der Waals surface area contributed by atoms with E-state index >= 15 is 0 Å². The van der Waals surface area contributed by atoms with Gasteiger partial charge in [0.25, 0.3) is 0 Å². The molecule has 0 unspecified atom stereocenters. The van der Waals surface area contributed by atoms with Crippen LogP contribution < -0.4 is 5.32 Å². The number of nitrogens with one attached hydrogen (secondary N) is 1. The lowest BCUT2D eigenvalue weighted by molar-refractivity contribution is 0.970. The fourth-order valence-electron chi connectivity index (χ4n) is 1.81. The van der Waals surface area contributed by atoms with Gasteiger partial charge in [0, 0.05) is 30.7 Å². The summed E-state index contributed by atoms with van der Waals surface area (Å²) in [5.74, 6) is 1.02. The average Bonchev–Trinajstić information content (AvgIpc) is 3.02. The zero-order valence-electron chi connectivity index (χ0n) is 8.64. The number of aromatic nitrogens is 2. The van der Waals surface area contributed by atoms with E-state index < -0.39 is 0 Å². The first kappa shape index (κ1) is 8.68. The predicted molar refractivity (Wildman–Crippen MR) is 59.0 cm³/mol. The van der Waals surface area contributed by atoms with Crippen LogP contribution in [0, 0.1) is 6.92 Å². The highest BCUT2D eigenvalue weighted by molar-refractivity contribution is 5.37. The normalized spacial score (nSPS) is 19.1. The van der Waals surface area contributed by atoms with Crippen LogP contribution in [0.3, 0.4) is 0 Å². The van der Waals surface area contributed by atoms with Crippen molar-refractivity contribution in [3.63, 3.8) is 0 Å². The van der Waals surface area contributed by atoms with Crippen molar-refractivity contribution in [2.24, 2.45) is 0 Å². The molecule has 1 fully saturated rings. The minimum atomic E-state index is 0.586. The topological polar surface area (TPSA) is 39.8 Å². The molecule has 1 atom stereocenters. The molecule has 3 rings (SSSR count). The zero-order chi connectivity index (χ0) is 10.3. The lowest BCUT2D eigenvalue weighted by Crippen LogP contribution is -1.95. The van der Waals surface area contributed by atoms with E-state index in [1.807, 2.05) is 19.3 Å². The number of benzene rings is 1. The molecule has 15 heavy (non-hydrogen) atoms. The maximum Gasteiger partial charge on any atom is 0.110 e. The van der Waals surface area contributed by atoms with Crippen LogP contribution in [-0.4, -0.2) is 16.1 Å². The van der Waals surface area contributed by atoms with Crippen molar-refractivity contribution in [3.8, 4) is 5.69 Å². The minimum Gasteiger partial charge on any atom is -0.307 e. The number of rotatable bonds is 2. The first-order chi connectivity index (χ1) is 7.34. The number of hydrogen-bond donors (Lipinski definition) is 1. The summed E-state index contributed by atoms with van der Waals surface area (Å²) in [6, 6.07) is 9.23. The van der Waals surface area contributed by atoms with Crippen molar-refractivity contribution < 1.29 is 0 Å². The summed E-state index contributed by atoms with van der Waals surface area (Å²) in [7, 11) is 0. The van der Waals surface area contributed by atoms with Crippen molar-refractivity contribution in [2.75, 3.05) is 6.54 Å². The highest BCUT2D eigenvalue weighted by Crippen LogP contribution is 2.22. The van der Waals surface area contributed by atoms with E-state index in [1.54, 1.807) is 0 Å². The first-order valence-corrected chi connectivity index (χ1v) is 5.18. The molecule has 0 bridgehead atoms. The Bertz CT molecular complexity index is 466. The second-order valence-corrected chi connectivity index (χ2v) is 3.90. The molecule has 0 amide bonds. The molecule has 1 aliphatic rings. The monoisotopic (exact) mass is 199 g/mol. The summed E-state index contributed by atoms with van der Waals surface area (Å²) in [4.78, 5) is 4.21. The van der Waals surface area contributed by atoms with Gasteiger partial charge < -0.3 is 9.88 Å². The van der Waals surface area contributed by atoms with Gasteiger partial charge in [-0.1, -0.05) is 12.1 Å². The van der Waals surface area contributed by atoms with E-state index in [0.29, 0.717) is 6.04 Å². The Hall–Kier alpha value is -1.61. The molecule has 1 aromatic heterocycles. The van der Waals surface area contributed by atoms with E-state index in [4.69, 9.17) is 0 Å². The Kier molecular flexibility index (Phi) is 1.86. The Morgan fingerprint density at radius 1 is 1.33 bits per heavy atom. The van der Waals surface area contributed by atoms with Crippen LogP contribution in [0.15, 0.2) is 36.7 Å². The summed E-state index contributed by atoms with van der Waals surface area (Å²) in [6.45, 7) is 3.12. The maximum absolute atomic E-state index is 4.21. The molecular weight excluding hydrogens is 186 g/mol. The Morgan fingerprint density at radius 2 is 2.07 bits per heavy atom. The fraction of sp³-hybridized carbons (Fsp3) is 0.250. The molecule has 0 aliphatic carbocycles. The molecule has 1 N–H and O–H groups in total. The number of aryl methyl sites for hydroxylation is 1. The lowest BCUT2D eigenvalue weighted by atomic mass is 10.1. The van der Waals surface area contributed by atoms with Crippen LogP contribution in [0.1, 0.15) is 17.4 Å². The van der Waals surface area contributed by atoms with Crippen LogP contribution in [-0.2, 0) is 0 Å². The fourth-order valence-corrected chi connectivity index (χ4v) is 1.81. The summed E-state index contributed by atoms with van der Waals surface area (Å²) in [5.41, 5.74) is 2.55. The maximum atomic E-state index is 4.21. The van der Waals surface area contributed by atoms with E-state index in [-0.39, 0.29) is 0 Å². The third-order valence-corrected chi connectivity index (χ3v) is 2.81. The van der Waals surface area contributed by atoms with Gasteiger partial charge in [-0.15, -0.1) is 0 Å². The van der Waals surface area contributed by atoms with E-state index in [0.717, 1.165) is 12.4 Å². The predicted octanol–water partition coefficient (Wildman–Crippen LogP) is 1.83. The van der Waals surface area contributed by atoms with Crippen LogP contribution >= 0.6 is 0 Å². The van der Waals surface area contributed by atoms with Crippen LogP contribution in [0.25, 0.3) is 5.69 Å². The lowest BCUT2D eigenvalue weighted by Gasteiger charge is -2.05. The van der Waals surface area contributed by atoms with Gasteiger partial charge in [0.15, 0.2) is 0 Å². The molecule has 0 saturated carbocycles. The minimum absolute atomic E-state index is 0.586. The van der Waals surface area contributed by atoms with E-state index in [9.17, 15) is 0 Å². The first-order valence-electron chi connectivity index (χ1n) is 5.18. The Labute approximate surface area is 88.8 Å². The van der Waals surface area contributed by atoms with Gasteiger partial charge in [-0.3, -0.25) is 0 Å². The summed E-state index contributed by atoms with van der Waals surface area (Å²) < 4.78 is 2.09. The molecular formula is C12H13N3. The highest BCUT2D eigenvalue weighted by Gasteiger charge is 2.21. The molecule has 0 spiro atoms. The molecule has 2 heterocycles. The molecule has 1 aliphatic heterocycles. The van der Waals surface area contributed by atoms with Gasteiger partial charge in [-0.25, -0.2) is 4.98 Å². The quantitative estimate of drug-likeness (QED) is 0.749. The van der Waals surface area contributed by atoms with Gasteiger partial charge in [0.1, 0.15) is 5.82 Å². The van der Waals surface area contributed by atoms with Crippen molar-refractivity contribution in [2.45, 2.75) is 13.0 Å². The van der Waals surface area contributed by atoms with Crippen molar-refractivity contribution in [1.29, 1.82) is 0 Å². The third-order valence-electron chi connectivity index (χ3n) is 2.81. The van der Waals surface area contributed by atoms with E-state index in [2.05, 4.69) is 39.1 Å². The van der Waals surface area contributed by atoms with Gasteiger partial charge in [-0.05, 0) is 24.6 Å². The van der Waals surface area contributed by atoms with Crippen LogP contribution in [0.4, 0.5) is 0 Å². The average molecular weight is 199 g/mol. The molecule has 3 heteroatoms. The van der Waals surface area contributed by atoms with Crippen molar-refractivity contribution in [3.05, 3.63) is 48.0 Å². The summed E-state index contributed by atoms with van der Waals surface area (Å²) in [5, 5.41) is 3.30. The molecule has 1 aromatic carbocycles. The molecule has 3 nitrogen and oxygen atoms in total. The molecule has 76 valence electrons. The van der Waals surface area contributed by atoms with Gasteiger partial charge in [0.2, 0.25) is 0 Å². The van der Waals surface area contributed by atoms with Crippen molar-refractivity contribution in [1.82, 2.24) is 14.9 Å². The third kappa shape index (κ3) is 1.55. The largest absolute Gasteiger partial charge is 0.307 e. The molecule has 0 radical (unpaired) electrons. The standard InChI is InChI=1S/C12H13N3/c1-9-13-6-7-15(9)11-4-2-10(3-5-11)12-8-14-12/h2-7,12,14H,8H2,1H3/t12-/m1/s1. The second-order valence-electron chi connectivity index (χ2n) is 3.90. The Balaban J connectivity index is 1.96. The smallest absolute Gasteiger partial charge is 0.110 e. The van der Waals surface area contributed by atoms with Crippen LogP contribution in [0.2, 0.25) is 0 Å². The van der Waals surface area contributed by atoms with Crippen molar-refractivity contribution >= 4 is 0 Å². The number of nitrogens with zero attached hydrogens (tertiary/aromatic N) is 2. The number of imidazole rings is 1. The zero-order valence-corrected chi connectivity index (χ0v) is 8.64. The van der Waals surface area contributed by atoms with Gasteiger partial charge in [-0.2, -0.15) is 0 Å². The second kappa shape index (κ2) is 3.21. The highest BCUT2D eigenvalue weighted by atomic mass is 15.1. The van der Waals surface area contributed by atoms with Gasteiger partial charge in [0.05, 0.1) is 0 Å². The molecule has 2 aromatic rings. The Morgan fingerprint density at radius 3 is 2.60 bits per heavy atom. The van der Waals surface area contributed by atoms with Gasteiger partial charge >= 0.3 is 0 Å². The summed E-state index contributed by atoms with van der Waals surface area (Å²) in [6.07, 6.45) is 3.81. The van der Waals surface area contributed by atoms with Crippen LogP contribution in [0.5, 0.6) is 0 Å². The summed E-state index contributed by atoms with van der Waals surface area (Å²) >= 11 is 0. The molecule has 1 saturated heterocycles. The SMILES string of the molecule is Cc1nccn1-c1ccc([C@H]2CN2)cc1. The van der Waals surface area contributed by atoms with E-state index in [1.165, 1.54) is 11.3 Å². The number of hydrogen-bond acceptors (Lipinski definition) is 2.